The average molecular weight is 513 g/mol. The van der Waals surface area contributed by atoms with Crippen molar-refractivity contribution < 1.29 is 13.2 Å². The highest BCUT2D eigenvalue weighted by Gasteiger charge is 2.28. The topological polar surface area (TPSA) is 120 Å². The molecule has 182 valence electrons. The molecule has 4 rings (SSSR count). The van der Waals surface area contributed by atoms with Gasteiger partial charge in [-0.25, -0.2) is 22.6 Å². The van der Waals surface area contributed by atoms with Gasteiger partial charge >= 0.3 is 6.03 Å². The molecule has 11 heteroatoms. The number of piperidine rings is 1. The molecule has 9 nitrogen and oxygen atoms in total. The van der Waals surface area contributed by atoms with Gasteiger partial charge in [-0.3, -0.25) is 10.2 Å². The van der Waals surface area contributed by atoms with E-state index in [9.17, 15) is 18.5 Å². The summed E-state index contributed by atoms with van der Waals surface area (Å²) in [6.07, 6.45) is 1.55. The Balaban J connectivity index is 1.47. The fourth-order valence-corrected chi connectivity index (χ4v) is 5.19. The van der Waals surface area contributed by atoms with Crippen LogP contribution in [0.25, 0.3) is 0 Å². The molecule has 0 radical (unpaired) electrons. The first kappa shape index (κ1) is 24.7. The van der Waals surface area contributed by atoms with Crippen LogP contribution in [0.15, 0.2) is 59.5 Å². The Morgan fingerprint density at radius 3 is 2.43 bits per heavy atom. The second kappa shape index (κ2) is 10.5. The third kappa shape index (κ3) is 5.82. The molecule has 3 aromatic rings. The summed E-state index contributed by atoms with van der Waals surface area (Å²) in [5, 5.41) is 17.1. The molecule has 0 atom stereocenters. The van der Waals surface area contributed by atoms with Gasteiger partial charge in [-0.2, -0.15) is 10.4 Å². The normalized spacial score (nSPS) is 14.9. The standard InChI is InChI=1S/C24H25ClN6O3S/c1-17-22(15-26)23(27-24(32)29-35(33,34)21-9-7-19(25)8-10-21)31(28-17)20-11-13-30(14-12-20)16-18-5-3-2-4-6-18/h2-10,20H,11-14,16H2,1H3,(H2,27,29,32). The van der Waals surface area contributed by atoms with Crippen LogP contribution in [0, 0.1) is 18.3 Å². The average Bonchev–Trinajstić information content (AvgIpc) is 3.14. The lowest BCUT2D eigenvalue weighted by Gasteiger charge is -2.32. The number of nitrogens with one attached hydrogen (secondary N) is 2. The van der Waals surface area contributed by atoms with Crippen molar-refractivity contribution in [1.29, 1.82) is 5.26 Å². The lowest BCUT2D eigenvalue weighted by molar-refractivity contribution is 0.174. The SMILES string of the molecule is Cc1nn(C2CCN(Cc3ccccc3)CC2)c(NC(=O)NS(=O)(=O)c2ccc(Cl)cc2)c1C#N. The molecule has 1 aromatic heterocycles. The molecule has 1 saturated heterocycles. The Kier molecular flexibility index (Phi) is 7.40. The minimum atomic E-state index is -4.12. The maximum Gasteiger partial charge on any atom is 0.334 e. The first-order chi connectivity index (χ1) is 16.8. The molecule has 0 aliphatic carbocycles. The van der Waals surface area contributed by atoms with E-state index < -0.39 is 16.1 Å². The largest absolute Gasteiger partial charge is 0.334 e. The number of hydrogen-bond acceptors (Lipinski definition) is 6. The van der Waals surface area contributed by atoms with Crippen LogP contribution < -0.4 is 10.0 Å². The van der Waals surface area contributed by atoms with Gasteiger partial charge in [0.15, 0.2) is 5.82 Å². The van der Waals surface area contributed by atoms with Crippen LogP contribution in [0.3, 0.4) is 0 Å². The molecule has 1 aliphatic heterocycles. The number of urea groups is 1. The van der Waals surface area contributed by atoms with Gasteiger partial charge in [0, 0.05) is 24.7 Å². The number of amides is 2. The zero-order chi connectivity index (χ0) is 25.0. The number of nitriles is 1. The monoisotopic (exact) mass is 512 g/mol. The Morgan fingerprint density at radius 2 is 1.80 bits per heavy atom. The fourth-order valence-electron chi connectivity index (χ4n) is 4.16. The third-order valence-corrected chi connectivity index (χ3v) is 7.53. The minimum Gasteiger partial charge on any atom is -0.299 e. The van der Waals surface area contributed by atoms with Crippen molar-refractivity contribution in [1.82, 2.24) is 19.4 Å². The molecular weight excluding hydrogens is 488 g/mol. The van der Waals surface area contributed by atoms with E-state index in [2.05, 4.69) is 33.5 Å². The number of aryl methyl sites for hydroxylation is 1. The van der Waals surface area contributed by atoms with Gasteiger partial charge in [-0.1, -0.05) is 41.9 Å². The quantitative estimate of drug-likeness (QED) is 0.513. The highest BCUT2D eigenvalue weighted by atomic mass is 35.5. The molecule has 2 aromatic carbocycles. The summed E-state index contributed by atoms with van der Waals surface area (Å²) in [5.74, 6) is 0.190. The van der Waals surface area contributed by atoms with Gasteiger partial charge in [0.25, 0.3) is 10.0 Å². The second-order valence-corrected chi connectivity index (χ2v) is 10.5. The van der Waals surface area contributed by atoms with E-state index in [0.29, 0.717) is 10.7 Å². The summed E-state index contributed by atoms with van der Waals surface area (Å²) >= 11 is 5.81. The molecule has 35 heavy (non-hydrogen) atoms. The maximum atomic E-state index is 12.6. The number of hydrogen-bond donors (Lipinski definition) is 2. The molecule has 2 amide bonds. The van der Waals surface area contributed by atoms with E-state index in [1.807, 2.05) is 22.9 Å². The number of halogens is 1. The minimum absolute atomic E-state index is 0.0361. The Hall–Kier alpha value is -3.39. The van der Waals surface area contributed by atoms with E-state index in [0.717, 1.165) is 32.5 Å². The van der Waals surface area contributed by atoms with Crippen LogP contribution in [0.2, 0.25) is 5.02 Å². The molecule has 1 fully saturated rings. The second-order valence-electron chi connectivity index (χ2n) is 8.37. The molecule has 1 aliphatic rings. The molecule has 0 bridgehead atoms. The number of nitrogens with zero attached hydrogens (tertiary/aromatic N) is 4. The smallest absolute Gasteiger partial charge is 0.299 e. The van der Waals surface area contributed by atoms with Crippen molar-refractivity contribution in [2.75, 3.05) is 18.4 Å². The highest BCUT2D eigenvalue weighted by molar-refractivity contribution is 7.90. The number of anilines is 1. The van der Waals surface area contributed by atoms with Crippen LogP contribution in [-0.2, 0) is 16.6 Å². The summed E-state index contributed by atoms with van der Waals surface area (Å²) < 4.78 is 28.8. The van der Waals surface area contributed by atoms with Crippen LogP contribution >= 0.6 is 11.6 Å². The number of carbonyl (C=O) groups excluding carboxylic acids is 1. The van der Waals surface area contributed by atoms with E-state index in [-0.39, 0.29) is 22.3 Å². The fraction of sp³-hybridized carbons (Fsp3) is 0.292. The predicted molar refractivity (Wildman–Crippen MR) is 132 cm³/mol. The van der Waals surface area contributed by atoms with Crippen LogP contribution in [0.4, 0.5) is 10.6 Å². The number of aromatic nitrogens is 2. The van der Waals surface area contributed by atoms with E-state index >= 15 is 0 Å². The highest BCUT2D eigenvalue weighted by Crippen LogP contribution is 2.30. The van der Waals surface area contributed by atoms with Crippen LogP contribution in [-0.4, -0.2) is 42.2 Å². The van der Waals surface area contributed by atoms with Gasteiger partial charge in [-0.15, -0.1) is 0 Å². The van der Waals surface area contributed by atoms with Gasteiger partial charge < -0.3 is 0 Å². The summed E-state index contributed by atoms with van der Waals surface area (Å²) in [5.41, 5.74) is 1.92. The Morgan fingerprint density at radius 1 is 1.14 bits per heavy atom. The van der Waals surface area contributed by atoms with Crippen molar-refractivity contribution in [2.45, 2.75) is 37.2 Å². The van der Waals surface area contributed by atoms with E-state index in [4.69, 9.17) is 11.6 Å². The number of likely N-dealkylation sites (tertiary alicyclic amines) is 1. The summed E-state index contributed by atoms with van der Waals surface area (Å²) in [6.45, 7) is 4.20. The van der Waals surface area contributed by atoms with Gasteiger partial charge in [0.05, 0.1) is 16.6 Å². The molecule has 2 N–H and O–H groups in total. The number of rotatable bonds is 6. The van der Waals surface area contributed by atoms with Crippen molar-refractivity contribution in [3.8, 4) is 6.07 Å². The molecule has 2 heterocycles. The van der Waals surface area contributed by atoms with Crippen LogP contribution in [0.5, 0.6) is 0 Å². The molecule has 0 saturated carbocycles. The molecule has 0 unspecified atom stereocenters. The first-order valence-corrected chi connectivity index (χ1v) is 13.0. The summed E-state index contributed by atoms with van der Waals surface area (Å²) in [7, 11) is -4.12. The van der Waals surface area contributed by atoms with Gasteiger partial charge in [-0.05, 0) is 49.6 Å². The first-order valence-electron chi connectivity index (χ1n) is 11.1. The summed E-state index contributed by atoms with van der Waals surface area (Å²) in [4.78, 5) is 14.9. The number of sulfonamides is 1. The van der Waals surface area contributed by atoms with Crippen molar-refractivity contribution in [2.24, 2.45) is 0 Å². The zero-order valence-corrected chi connectivity index (χ0v) is 20.7. The third-order valence-electron chi connectivity index (χ3n) is 5.93. The van der Waals surface area contributed by atoms with Crippen LogP contribution in [0.1, 0.15) is 35.7 Å². The number of carbonyl (C=O) groups is 1. The van der Waals surface area contributed by atoms with Crippen molar-refractivity contribution in [3.05, 3.63) is 76.4 Å². The van der Waals surface area contributed by atoms with E-state index in [1.54, 1.807) is 11.6 Å². The summed E-state index contributed by atoms with van der Waals surface area (Å²) in [6, 6.07) is 16.7. The van der Waals surface area contributed by atoms with E-state index in [1.165, 1.54) is 29.8 Å². The Bertz CT molecular complexity index is 1340. The zero-order valence-electron chi connectivity index (χ0n) is 19.1. The van der Waals surface area contributed by atoms with Crippen molar-refractivity contribution in [3.63, 3.8) is 0 Å². The lowest BCUT2D eigenvalue weighted by Crippen LogP contribution is -2.37. The van der Waals surface area contributed by atoms with Crippen molar-refractivity contribution >= 4 is 33.5 Å². The molecular formula is C24H25ClN6O3S. The lowest BCUT2D eigenvalue weighted by atomic mass is 10.0. The number of benzene rings is 2. The van der Waals surface area contributed by atoms with Gasteiger partial charge in [0.1, 0.15) is 11.6 Å². The Labute approximate surface area is 209 Å². The molecule has 0 spiro atoms. The maximum absolute atomic E-state index is 12.6. The predicted octanol–water partition coefficient (Wildman–Crippen LogP) is 4.06. The van der Waals surface area contributed by atoms with Gasteiger partial charge in [0.2, 0.25) is 0 Å².